The molecule has 1 aliphatic rings. The number of thiocarbonyl (C=S) groups is 1. The first-order valence-electron chi connectivity index (χ1n) is 9.11. The quantitative estimate of drug-likeness (QED) is 0.166. The number of nitrogens with zero attached hydrogens (tertiary/aromatic N) is 1. The van der Waals surface area contributed by atoms with Crippen LogP contribution < -0.4 is 9.64 Å². The van der Waals surface area contributed by atoms with Crippen LogP contribution in [0.15, 0.2) is 71.6 Å². The number of ether oxygens (including phenoxy) is 1. The molecule has 0 spiro atoms. The summed E-state index contributed by atoms with van der Waals surface area (Å²) in [6, 6.07) is 19.6. The van der Waals surface area contributed by atoms with Crippen molar-refractivity contribution in [1.82, 2.24) is 0 Å². The molecule has 0 atom stereocenters. The standard InChI is InChI=1S/C23H14FI2NO2S2/c24-16-8-6-14(7-9-16)13-29-21-18(25)10-15(11-19(21)26)12-20-22(28)27(23(30)31-20)17-4-2-1-3-5-17/h1-12H,13H2/b20-12+. The Kier molecular flexibility index (Phi) is 7.29. The topological polar surface area (TPSA) is 29.5 Å². The van der Waals surface area contributed by atoms with Gasteiger partial charge in [-0.15, -0.1) is 0 Å². The smallest absolute Gasteiger partial charge is 0.270 e. The van der Waals surface area contributed by atoms with E-state index in [9.17, 15) is 9.18 Å². The van der Waals surface area contributed by atoms with E-state index in [1.165, 1.54) is 23.9 Å². The third-order valence-corrected chi connectivity index (χ3v) is 7.33. The molecule has 3 aromatic carbocycles. The first kappa shape index (κ1) is 22.7. The minimum absolute atomic E-state index is 0.122. The second-order valence-corrected chi connectivity index (χ2v) is 10.6. The van der Waals surface area contributed by atoms with Crippen LogP contribution in [-0.2, 0) is 11.4 Å². The molecule has 8 heteroatoms. The van der Waals surface area contributed by atoms with Crippen molar-refractivity contribution in [1.29, 1.82) is 0 Å². The highest BCUT2D eigenvalue weighted by Crippen LogP contribution is 2.37. The van der Waals surface area contributed by atoms with Crippen LogP contribution in [0.1, 0.15) is 11.1 Å². The Morgan fingerprint density at radius 3 is 2.32 bits per heavy atom. The van der Waals surface area contributed by atoms with Gasteiger partial charge in [-0.3, -0.25) is 9.69 Å². The van der Waals surface area contributed by atoms with Crippen molar-refractivity contribution in [2.45, 2.75) is 6.61 Å². The zero-order valence-electron chi connectivity index (χ0n) is 15.8. The van der Waals surface area contributed by atoms with Gasteiger partial charge in [0.2, 0.25) is 0 Å². The molecule has 0 bridgehead atoms. The Morgan fingerprint density at radius 2 is 1.68 bits per heavy atom. The predicted octanol–water partition coefficient (Wildman–Crippen LogP) is 7.02. The van der Waals surface area contributed by atoms with Crippen LogP contribution in [-0.4, -0.2) is 10.2 Å². The first-order chi connectivity index (χ1) is 14.9. The minimum atomic E-state index is -0.269. The Hall–Kier alpha value is -1.50. The second-order valence-electron chi connectivity index (χ2n) is 6.58. The van der Waals surface area contributed by atoms with Gasteiger partial charge in [0.1, 0.15) is 18.2 Å². The number of benzene rings is 3. The summed E-state index contributed by atoms with van der Waals surface area (Å²) in [6.45, 7) is 0.349. The molecule has 0 N–H and O–H groups in total. The van der Waals surface area contributed by atoms with Crippen molar-refractivity contribution in [2.24, 2.45) is 0 Å². The van der Waals surface area contributed by atoms with Gasteiger partial charge in [-0.25, -0.2) is 4.39 Å². The maximum absolute atomic E-state index is 13.1. The number of hydrogen-bond acceptors (Lipinski definition) is 4. The molecule has 0 unspecified atom stereocenters. The summed E-state index contributed by atoms with van der Waals surface area (Å²) in [5, 5.41) is 0. The van der Waals surface area contributed by atoms with Gasteiger partial charge in [0.25, 0.3) is 5.91 Å². The molecular formula is C23H14FI2NO2S2. The maximum atomic E-state index is 13.1. The van der Waals surface area contributed by atoms with Crippen LogP contribution in [0.5, 0.6) is 5.75 Å². The first-order valence-corrected chi connectivity index (χ1v) is 12.5. The lowest BCUT2D eigenvalue weighted by Gasteiger charge is -2.14. The summed E-state index contributed by atoms with van der Waals surface area (Å²) in [5.74, 6) is 0.373. The van der Waals surface area contributed by atoms with Crippen LogP contribution in [0.4, 0.5) is 10.1 Å². The molecule has 1 fully saturated rings. The Morgan fingerprint density at radius 1 is 1.03 bits per heavy atom. The zero-order chi connectivity index (χ0) is 22.0. The highest BCUT2D eigenvalue weighted by atomic mass is 127. The van der Waals surface area contributed by atoms with E-state index in [4.69, 9.17) is 17.0 Å². The average molecular weight is 673 g/mol. The number of rotatable bonds is 5. The lowest BCUT2D eigenvalue weighted by atomic mass is 10.2. The molecule has 156 valence electrons. The molecule has 0 saturated carbocycles. The van der Waals surface area contributed by atoms with E-state index in [-0.39, 0.29) is 11.7 Å². The third kappa shape index (κ3) is 5.29. The lowest BCUT2D eigenvalue weighted by molar-refractivity contribution is -0.113. The molecule has 0 aromatic heterocycles. The molecule has 0 aliphatic carbocycles. The zero-order valence-corrected chi connectivity index (χ0v) is 21.8. The largest absolute Gasteiger partial charge is 0.487 e. The van der Waals surface area contributed by atoms with Gasteiger partial charge in [0, 0.05) is 0 Å². The summed E-state index contributed by atoms with van der Waals surface area (Å²) in [6.07, 6.45) is 1.86. The number of hydrogen-bond donors (Lipinski definition) is 0. The minimum Gasteiger partial charge on any atom is -0.487 e. The average Bonchev–Trinajstić information content (AvgIpc) is 3.02. The van der Waals surface area contributed by atoms with Crippen molar-refractivity contribution in [3.63, 3.8) is 0 Å². The van der Waals surface area contributed by atoms with Crippen molar-refractivity contribution in [3.8, 4) is 5.75 Å². The number of carbonyl (C=O) groups excluding carboxylic acids is 1. The molecule has 1 aliphatic heterocycles. The van der Waals surface area contributed by atoms with Crippen LogP contribution in [0.3, 0.4) is 0 Å². The van der Waals surface area contributed by atoms with Crippen molar-refractivity contribution < 1.29 is 13.9 Å². The molecule has 0 radical (unpaired) electrons. The summed E-state index contributed by atoms with van der Waals surface area (Å²) in [5.41, 5.74) is 2.56. The number of thioether (sulfide) groups is 1. The Balaban J connectivity index is 1.54. The van der Waals surface area contributed by atoms with Gasteiger partial charge >= 0.3 is 0 Å². The molecule has 3 nitrogen and oxygen atoms in total. The summed E-state index contributed by atoms with van der Waals surface area (Å²) < 4.78 is 21.4. The van der Waals surface area contributed by atoms with Gasteiger partial charge in [0.15, 0.2) is 4.32 Å². The van der Waals surface area contributed by atoms with Gasteiger partial charge in [-0.05, 0) is 98.8 Å². The second kappa shape index (κ2) is 9.97. The van der Waals surface area contributed by atoms with Gasteiger partial charge in [-0.2, -0.15) is 0 Å². The highest BCUT2D eigenvalue weighted by Gasteiger charge is 2.33. The summed E-state index contributed by atoms with van der Waals surface area (Å²) >= 11 is 11.2. The van der Waals surface area contributed by atoms with E-state index >= 15 is 0 Å². The van der Waals surface area contributed by atoms with E-state index in [0.717, 1.165) is 29.7 Å². The Labute approximate surface area is 216 Å². The van der Waals surface area contributed by atoms with Crippen molar-refractivity contribution >= 4 is 91.2 Å². The molecular weight excluding hydrogens is 659 g/mol. The highest BCUT2D eigenvalue weighted by molar-refractivity contribution is 14.1. The molecule has 31 heavy (non-hydrogen) atoms. The number of para-hydroxylation sites is 1. The molecule has 1 amide bonds. The number of amides is 1. The molecule has 4 rings (SSSR count). The SMILES string of the molecule is O=C1/C(=C\c2cc(I)c(OCc3ccc(F)cc3)c(I)c2)SC(=S)N1c1ccccc1. The number of anilines is 1. The predicted molar refractivity (Wildman–Crippen MR) is 145 cm³/mol. The molecule has 1 saturated heterocycles. The van der Waals surface area contributed by atoms with Crippen LogP contribution >= 0.6 is 69.2 Å². The van der Waals surface area contributed by atoms with Crippen molar-refractivity contribution in [2.75, 3.05) is 4.90 Å². The normalized spacial score (nSPS) is 15.1. The van der Waals surface area contributed by atoms with Crippen LogP contribution in [0.25, 0.3) is 6.08 Å². The number of halogens is 3. The fourth-order valence-corrected chi connectivity index (χ4v) is 6.38. The lowest BCUT2D eigenvalue weighted by Crippen LogP contribution is -2.27. The van der Waals surface area contributed by atoms with Gasteiger partial charge in [0.05, 0.1) is 17.7 Å². The summed E-state index contributed by atoms with van der Waals surface area (Å²) in [7, 11) is 0. The number of carbonyl (C=O) groups is 1. The third-order valence-electron chi connectivity index (χ3n) is 4.42. The van der Waals surface area contributed by atoms with Crippen molar-refractivity contribution in [3.05, 3.63) is 95.7 Å². The van der Waals surface area contributed by atoms with E-state index in [2.05, 4.69) is 45.2 Å². The molecule has 1 heterocycles. The van der Waals surface area contributed by atoms with E-state index in [1.54, 1.807) is 17.0 Å². The molecule has 3 aromatic rings. The fourth-order valence-electron chi connectivity index (χ4n) is 2.96. The van der Waals surface area contributed by atoms with Gasteiger partial charge in [-0.1, -0.05) is 54.3 Å². The monoisotopic (exact) mass is 673 g/mol. The fraction of sp³-hybridized carbons (Fsp3) is 0.0435. The van der Waals surface area contributed by atoms with E-state index in [1.807, 2.05) is 48.5 Å². The van der Waals surface area contributed by atoms with E-state index < -0.39 is 0 Å². The maximum Gasteiger partial charge on any atom is 0.270 e. The van der Waals surface area contributed by atoms with Crippen LogP contribution in [0.2, 0.25) is 0 Å². The van der Waals surface area contributed by atoms with Crippen LogP contribution in [0, 0.1) is 13.0 Å². The Bertz CT molecular complexity index is 1160. The van der Waals surface area contributed by atoms with E-state index in [0.29, 0.717) is 15.8 Å². The summed E-state index contributed by atoms with van der Waals surface area (Å²) in [4.78, 5) is 15.1. The van der Waals surface area contributed by atoms with Gasteiger partial charge < -0.3 is 4.74 Å².